The molecule has 0 saturated heterocycles. The Labute approximate surface area is 160 Å². The van der Waals surface area contributed by atoms with E-state index in [0.717, 1.165) is 18.5 Å². The molecule has 0 spiro atoms. The van der Waals surface area contributed by atoms with Gasteiger partial charge in [-0.1, -0.05) is 6.92 Å². The summed E-state index contributed by atoms with van der Waals surface area (Å²) < 4.78 is 0. The molecule has 5 heteroatoms. The number of non-ortho nitro benzene ring substituents is 1. The monoisotopic (exact) mass is 365 g/mol. The van der Waals surface area contributed by atoms with Crippen LogP contribution < -0.4 is 4.90 Å². The predicted molar refractivity (Wildman–Crippen MR) is 112 cm³/mol. The van der Waals surface area contributed by atoms with Gasteiger partial charge in [0.15, 0.2) is 0 Å². The average Bonchev–Trinajstić information content (AvgIpc) is 2.60. The summed E-state index contributed by atoms with van der Waals surface area (Å²) in [4.78, 5) is 17.4. The first-order valence-corrected chi connectivity index (χ1v) is 9.43. The van der Waals surface area contributed by atoms with Crippen LogP contribution in [0.15, 0.2) is 41.4 Å². The summed E-state index contributed by atoms with van der Waals surface area (Å²) in [6, 6.07) is 10.8. The van der Waals surface area contributed by atoms with E-state index in [-0.39, 0.29) is 11.2 Å². The van der Waals surface area contributed by atoms with Crippen molar-refractivity contribution in [2.24, 2.45) is 4.99 Å². The molecule has 0 aromatic heterocycles. The number of benzene rings is 2. The summed E-state index contributed by atoms with van der Waals surface area (Å²) >= 11 is 0. The highest BCUT2D eigenvalue weighted by Crippen LogP contribution is 2.44. The van der Waals surface area contributed by atoms with Crippen LogP contribution in [-0.4, -0.2) is 23.2 Å². The summed E-state index contributed by atoms with van der Waals surface area (Å²) in [5, 5.41) is 10.8. The summed E-state index contributed by atoms with van der Waals surface area (Å²) in [5.41, 5.74) is 5.91. The summed E-state index contributed by atoms with van der Waals surface area (Å²) in [7, 11) is 0. The molecule has 1 aliphatic heterocycles. The molecule has 0 fully saturated rings. The highest BCUT2D eigenvalue weighted by atomic mass is 16.6. The molecule has 0 saturated carbocycles. The standard InChI is InChI=1S/C22H27N3O2/c1-6-24-21-11-15(2)17(12-20(21)16(3)13-22(24,4)5)14-23-18-7-9-19(10-8-18)25(26)27/h7-12,14,16H,6,13H2,1-5H3. The van der Waals surface area contributed by atoms with Crippen molar-refractivity contribution in [3.63, 3.8) is 0 Å². The Morgan fingerprint density at radius 3 is 2.56 bits per heavy atom. The molecule has 0 amide bonds. The van der Waals surface area contributed by atoms with Gasteiger partial charge in [0, 0.05) is 36.1 Å². The molecule has 0 radical (unpaired) electrons. The number of aliphatic imine (C=N–C) groups is 1. The fraction of sp³-hybridized carbons (Fsp3) is 0.409. The van der Waals surface area contributed by atoms with E-state index in [2.05, 4.69) is 56.6 Å². The van der Waals surface area contributed by atoms with Crippen molar-refractivity contribution in [3.8, 4) is 0 Å². The number of nitro groups is 1. The minimum absolute atomic E-state index is 0.0787. The third-order valence-electron chi connectivity index (χ3n) is 5.50. The van der Waals surface area contributed by atoms with E-state index in [0.29, 0.717) is 11.6 Å². The summed E-state index contributed by atoms with van der Waals surface area (Å²) in [6.45, 7) is 12.2. The fourth-order valence-electron chi connectivity index (χ4n) is 4.19. The number of hydrogen-bond donors (Lipinski definition) is 0. The molecular weight excluding hydrogens is 338 g/mol. The van der Waals surface area contributed by atoms with E-state index in [1.807, 2.05) is 6.21 Å². The molecule has 0 aliphatic carbocycles. The van der Waals surface area contributed by atoms with Gasteiger partial charge < -0.3 is 4.90 Å². The van der Waals surface area contributed by atoms with Crippen molar-refractivity contribution >= 4 is 23.3 Å². The van der Waals surface area contributed by atoms with Crippen LogP contribution in [0.3, 0.4) is 0 Å². The minimum atomic E-state index is -0.399. The first kappa shape index (κ1) is 19.1. The van der Waals surface area contributed by atoms with Crippen LogP contribution in [0.25, 0.3) is 0 Å². The van der Waals surface area contributed by atoms with Crippen LogP contribution in [0.4, 0.5) is 17.1 Å². The van der Waals surface area contributed by atoms with Gasteiger partial charge in [-0.15, -0.1) is 0 Å². The maximum atomic E-state index is 10.8. The Hall–Kier alpha value is -2.69. The van der Waals surface area contributed by atoms with Crippen molar-refractivity contribution in [3.05, 3.63) is 63.2 Å². The molecule has 0 N–H and O–H groups in total. The van der Waals surface area contributed by atoms with Crippen molar-refractivity contribution < 1.29 is 4.92 Å². The number of hydrogen-bond acceptors (Lipinski definition) is 4. The zero-order valence-corrected chi connectivity index (χ0v) is 16.7. The van der Waals surface area contributed by atoms with E-state index in [4.69, 9.17) is 0 Å². The molecular formula is C22H27N3O2. The van der Waals surface area contributed by atoms with E-state index < -0.39 is 4.92 Å². The number of anilines is 1. The maximum absolute atomic E-state index is 10.8. The Balaban J connectivity index is 1.94. The SMILES string of the molecule is CCN1c2cc(C)c(C=Nc3ccc([N+](=O)[O-])cc3)cc2C(C)CC1(C)C. The van der Waals surface area contributed by atoms with Crippen LogP contribution >= 0.6 is 0 Å². The highest BCUT2D eigenvalue weighted by molar-refractivity contribution is 5.86. The van der Waals surface area contributed by atoms with Crippen LogP contribution in [0.1, 0.15) is 56.7 Å². The first-order valence-electron chi connectivity index (χ1n) is 9.43. The van der Waals surface area contributed by atoms with Gasteiger partial charge >= 0.3 is 0 Å². The third kappa shape index (κ3) is 3.72. The van der Waals surface area contributed by atoms with Gasteiger partial charge in [0.2, 0.25) is 0 Å². The number of aryl methyl sites for hydroxylation is 1. The van der Waals surface area contributed by atoms with E-state index >= 15 is 0 Å². The summed E-state index contributed by atoms with van der Waals surface area (Å²) in [5.74, 6) is 0.491. The average molecular weight is 365 g/mol. The molecule has 2 aromatic rings. The smallest absolute Gasteiger partial charge is 0.269 e. The lowest BCUT2D eigenvalue weighted by molar-refractivity contribution is -0.384. The van der Waals surface area contributed by atoms with Crippen LogP contribution in [0, 0.1) is 17.0 Å². The highest BCUT2D eigenvalue weighted by Gasteiger charge is 2.35. The van der Waals surface area contributed by atoms with Gasteiger partial charge in [0.1, 0.15) is 0 Å². The van der Waals surface area contributed by atoms with Crippen molar-refractivity contribution in [2.75, 3.05) is 11.4 Å². The summed E-state index contributed by atoms with van der Waals surface area (Å²) in [6.07, 6.45) is 2.98. The number of fused-ring (bicyclic) bond motifs is 1. The second kappa shape index (κ2) is 7.14. The molecule has 142 valence electrons. The topological polar surface area (TPSA) is 58.7 Å². The second-order valence-corrected chi connectivity index (χ2v) is 7.96. The van der Waals surface area contributed by atoms with E-state index in [1.165, 1.54) is 28.9 Å². The lowest BCUT2D eigenvalue weighted by Crippen LogP contribution is -2.48. The Kier molecular flexibility index (Phi) is 5.05. The molecule has 27 heavy (non-hydrogen) atoms. The minimum Gasteiger partial charge on any atom is -0.366 e. The molecule has 1 unspecified atom stereocenters. The predicted octanol–water partition coefficient (Wildman–Crippen LogP) is 5.77. The van der Waals surface area contributed by atoms with Crippen molar-refractivity contribution in [1.82, 2.24) is 0 Å². The van der Waals surface area contributed by atoms with Crippen LogP contribution in [-0.2, 0) is 0 Å². The van der Waals surface area contributed by atoms with Gasteiger partial charge in [-0.25, -0.2) is 0 Å². The van der Waals surface area contributed by atoms with Gasteiger partial charge in [0.25, 0.3) is 5.69 Å². The quantitative estimate of drug-likeness (QED) is 0.393. The molecule has 5 nitrogen and oxygen atoms in total. The Morgan fingerprint density at radius 2 is 1.96 bits per heavy atom. The zero-order chi connectivity index (χ0) is 19.8. The second-order valence-electron chi connectivity index (χ2n) is 7.96. The molecule has 3 rings (SSSR count). The number of nitrogens with zero attached hydrogens (tertiary/aromatic N) is 3. The largest absolute Gasteiger partial charge is 0.366 e. The Morgan fingerprint density at radius 1 is 1.30 bits per heavy atom. The molecule has 1 atom stereocenters. The van der Waals surface area contributed by atoms with Crippen molar-refractivity contribution in [2.45, 2.75) is 52.5 Å². The molecule has 1 heterocycles. The Bertz CT molecular complexity index is 885. The van der Waals surface area contributed by atoms with Gasteiger partial charge in [0.05, 0.1) is 10.6 Å². The van der Waals surface area contributed by atoms with E-state index in [9.17, 15) is 10.1 Å². The van der Waals surface area contributed by atoms with Crippen LogP contribution in [0.2, 0.25) is 0 Å². The van der Waals surface area contributed by atoms with Crippen molar-refractivity contribution in [1.29, 1.82) is 0 Å². The maximum Gasteiger partial charge on any atom is 0.269 e. The molecule has 2 aromatic carbocycles. The third-order valence-corrected chi connectivity index (χ3v) is 5.50. The van der Waals surface area contributed by atoms with Gasteiger partial charge in [-0.05, 0) is 81.0 Å². The number of nitro benzene ring substituents is 1. The molecule has 1 aliphatic rings. The number of rotatable bonds is 4. The first-order chi connectivity index (χ1) is 12.7. The van der Waals surface area contributed by atoms with Crippen LogP contribution in [0.5, 0.6) is 0 Å². The zero-order valence-electron chi connectivity index (χ0n) is 16.7. The van der Waals surface area contributed by atoms with Gasteiger partial charge in [-0.3, -0.25) is 15.1 Å². The van der Waals surface area contributed by atoms with E-state index in [1.54, 1.807) is 12.1 Å². The van der Waals surface area contributed by atoms with Gasteiger partial charge in [-0.2, -0.15) is 0 Å². The molecule has 0 bridgehead atoms. The lowest BCUT2D eigenvalue weighted by atomic mass is 9.79. The fourth-order valence-corrected chi connectivity index (χ4v) is 4.19. The lowest BCUT2D eigenvalue weighted by Gasteiger charge is -2.47. The normalized spacial score (nSPS) is 18.6.